The summed E-state index contributed by atoms with van der Waals surface area (Å²) < 4.78 is 20.4. The maximum absolute atomic E-state index is 13.6. The van der Waals surface area contributed by atoms with Crippen molar-refractivity contribution in [3.8, 4) is 0 Å². The van der Waals surface area contributed by atoms with Crippen LogP contribution in [0.25, 0.3) is 21.8 Å². The van der Waals surface area contributed by atoms with Gasteiger partial charge >= 0.3 is 5.97 Å². The molecule has 0 saturated heterocycles. The maximum atomic E-state index is 13.6. The zero-order valence-electron chi connectivity index (χ0n) is 23.5. The van der Waals surface area contributed by atoms with Crippen molar-refractivity contribution in [3.63, 3.8) is 0 Å². The zero-order valence-corrected chi connectivity index (χ0v) is 23.5. The van der Waals surface area contributed by atoms with Crippen molar-refractivity contribution in [2.45, 2.75) is 52.0 Å². The topological polar surface area (TPSA) is 111 Å². The molecule has 2 aromatic heterocycles. The lowest BCUT2D eigenvalue weighted by Crippen LogP contribution is -2.11. The summed E-state index contributed by atoms with van der Waals surface area (Å²) in [5, 5.41) is 12.5. The molecule has 1 amide bonds. The monoisotopic (exact) mass is 568 g/mol. The second kappa shape index (κ2) is 13.7. The van der Waals surface area contributed by atoms with E-state index in [-0.39, 0.29) is 17.7 Å². The number of unbranched alkanes of at least 4 members (excludes halogenated alkanes) is 3. The van der Waals surface area contributed by atoms with E-state index in [4.69, 9.17) is 4.74 Å². The van der Waals surface area contributed by atoms with Gasteiger partial charge in [-0.3, -0.25) is 14.3 Å². The number of hydrogen-bond donors (Lipinski definition) is 2. The van der Waals surface area contributed by atoms with Crippen LogP contribution in [0.3, 0.4) is 0 Å². The van der Waals surface area contributed by atoms with Crippen LogP contribution in [-0.2, 0) is 20.9 Å². The van der Waals surface area contributed by atoms with Gasteiger partial charge in [-0.1, -0.05) is 25.0 Å². The minimum absolute atomic E-state index is 0.0631. The van der Waals surface area contributed by atoms with Crippen molar-refractivity contribution in [3.05, 3.63) is 84.6 Å². The van der Waals surface area contributed by atoms with Crippen LogP contribution >= 0.6 is 0 Å². The summed E-state index contributed by atoms with van der Waals surface area (Å²) in [6, 6.07) is 18.0. The van der Waals surface area contributed by atoms with Crippen LogP contribution in [0.4, 0.5) is 21.6 Å². The summed E-state index contributed by atoms with van der Waals surface area (Å²) in [6.45, 7) is 2.67. The number of rotatable bonds is 13. The van der Waals surface area contributed by atoms with Crippen LogP contribution in [0, 0.1) is 5.82 Å². The Hall–Kier alpha value is -4.86. The van der Waals surface area contributed by atoms with Gasteiger partial charge < -0.3 is 15.4 Å². The molecule has 5 rings (SSSR count). The van der Waals surface area contributed by atoms with Gasteiger partial charge in [0.1, 0.15) is 18.0 Å². The Morgan fingerprint density at radius 3 is 2.60 bits per heavy atom. The van der Waals surface area contributed by atoms with E-state index in [1.54, 1.807) is 19.2 Å². The average molecular weight is 569 g/mol. The number of hydrogen-bond acceptors (Lipinski definition) is 7. The van der Waals surface area contributed by atoms with Gasteiger partial charge in [0.25, 0.3) is 0 Å². The number of nitrogens with one attached hydrogen (secondary N) is 2. The number of aromatic nitrogens is 4. The molecule has 0 fully saturated rings. The number of amides is 1. The third-order valence-electron chi connectivity index (χ3n) is 6.89. The number of fused-ring (bicyclic) bond motifs is 2. The van der Waals surface area contributed by atoms with Crippen molar-refractivity contribution in [2.24, 2.45) is 0 Å². The smallest absolute Gasteiger partial charge is 0.305 e. The minimum Gasteiger partial charge on any atom is -0.466 e. The average Bonchev–Trinajstić information content (AvgIpc) is 3.37. The summed E-state index contributed by atoms with van der Waals surface area (Å²) in [5.74, 6) is 0.115. The molecule has 0 saturated carbocycles. The quantitative estimate of drug-likeness (QED) is 0.119. The molecule has 10 heteroatoms. The molecule has 0 bridgehead atoms. The van der Waals surface area contributed by atoms with Crippen LogP contribution in [0.2, 0.25) is 0 Å². The zero-order chi connectivity index (χ0) is 29.3. The van der Waals surface area contributed by atoms with Crippen molar-refractivity contribution < 1.29 is 18.7 Å². The Morgan fingerprint density at radius 1 is 0.929 bits per heavy atom. The Labute approximate surface area is 243 Å². The molecule has 5 aromatic rings. The molecule has 0 aliphatic carbocycles. The third-order valence-corrected chi connectivity index (χ3v) is 6.89. The Bertz CT molecular complexity index is 1700. The van der Waals surface area contributed by atoms with Crippen molar-refractivity contribution >= 4 is 50.9 Å². The van der Waals surface area contributed by atoms with E-state index >= 15 is 0 Å². The van der Waals surface area contributed by atoms with Gasteiger partial charge in [0.15, 0.2) is 0 Å². The van der Waals surface area contributed by atoms with Crippen molar-refractivity contribution in [1.82, 2.24) is 19.7 Å². The normalized spacial score (nSPS) is 11.1. The van der Waals surface area contributed by atoms with E-state index in [2.05, 4.69) is 25.7 Å². The fourth-order valence-corrected chi connectivity index (χ4v) is 4.83. The van der Waals surface area contributed by atoms with Crippen molar-refractivity contribution in [1.29, 1.82) is 0 Å². The van der Waals surface area contributed by atoms with Gasteiger partial charge in [0, 0.05) is 35.0 Å². The number of benzene rings is 3. The van der Waals surface area contributed by atoms with E-state index in [9.17, 15) is 14.0 Å². The number of anilines is 3. The maximum Gasteiger partial charge on any atom is 0.305 e. The molecule has 9 nitrogen and oxygen atoms in total. The second-order valence-electron chi connectivity index (χ2n) is 10.1. The fraction of sp³-hybridized carbons (Fsp3) is 0.281. The number of carbonyl (C=O) groups is 2. The molecule has 0 aliphatic rings. The molecular weight excluding hydrogens is 535 g/mol. The molecule has 2 heterocycles. The molecular formula is C32H33FN6O3. The molecule has 0 spiro atoms. The highest BCUT2D eigenvalue weighted by molar-refractivity contribution is 5.97. The third kappa shape index (κ3) is 7.45. The highest BCUT2D eigenvalue weighted by Crippen LogP contribution is 2.28. The summed E-state index contributed by atoms with van der Waals surface area (Å²) in [7, 11) is 0. The van der Waals surface area contributed by atoms with Crippen LogP contribution in [0.1, 0.15) is 51.0 Å². The lowest BCUT2D eigenvalue weighted by Gasteiger charge is -2.11. The van der Waals surface area contributed by atoms with Gasteiger partial charge in [-0.2, -0.15) is 5.10 Å². The number of carbonyl (C=O) groups excluding carboxylic acids is 2. The van der Waals surface area contributed by atoms with E-state index < -0.39 is 0 Å². The van der Waals surface area contributed by atoms with E-state index in [1.165, 1.54) is 18.5 Å². The summed E-state index contributed by atoms with van der Waals surface area (Å²) in [5.41, 5.74) is 4.01. The van der Waals surface area contributed by atoms with E-state index in [1.807, 2.05) is 47.1 Å². The molecule has 42 heavy (non-hydrogen) atoms. The highest BCUT2D eigenvalue weighted by atomic mass is 19.1. The number of esters is 1. The van der Waals surface area contributed by atoms with Gasteiger partial charge in [-0.05, 0) is 73.9 Å². The molecule has 0 atom stereocenters. The number of nitrogens with zero attached hydrogens (tertiary/aromatic N) is 4. The molecule has 0 aliphatic heterocycles. The molecule has 2 N–H and O–H groups in total. The van der Waals surface area contributed by atoms with Crippen LogP contribution < -0.4 is 10.6 Å². The van der Waals surface area contributed by atoms with Crippen LogP contribution in [-0.4, -0.2) is 38.2 Å². The van der Waals surface area contributed by atoms with Crippen molar-refractivity contribution in [2.75, 3.05) is 17.2 Å². The Balaban J connectivity index is 1.21. The van der Waals surface area contributed by atoms with Gasteiger partial charge in [-0.25, -0.2) is 14.4 Å². The first-order valence-electron chi connectivity index (χ1n) is 14.2. The molecule has 0 radical (unpaired) electrons. The van der Waals surface area contributed by atoms with Gasteiger partial charge in [-0.15, -0.1) is 0 Å². The molecule has 0 unspecified atom stereocenters. The first-order valence-corrected chi connectivity index (χ1v) is 14.2. The van der Waals surface area contributed by atoms with Gasteiger partial charge in [0.2, 0.25) is 5.91 Å². The van der Waals surface area contributed by atoms with Crippen LogP contribution in [0.15, 0.2) is 73.2 Å². The summed E-state index contributed by atoms with van der Waals surface area (Å²) >= 11 is 0. The highest BCUT2D eigenvalue weighted by Gasteiger charge is 2.10. The summed E-state index contributed by atoms with van der Waals surface area (Å²) in [6.07, 6.45) is 7.38. The number of ether oxygens (including phenoxy) is 1. The predicted molar refractivity (Wildman–Crippen MR) is 161 cm³/mol. The standard InChI is InChI=1S/C32H33FN6O3/c1-2-42-31(41)11-6-4-3-5-10-30(40)37-26-12-14-28-27(18-26)32(35-21-34-28)38-25-13-15-29-23(17-25)19-36-39(29)20-22-8-7-9-24(33)16-22/h7-9,12-19,21H,2-6,10-11,20H2,1H3,(H,37,40)(H,34,35,38). The lowest BCUT2D eigenvalue weighted by molar-refractivity contribution is -0.143. The SMILES string of the molecule is CCOC(=O)CCCCCCC(=O)Nc1ccc2ncnc(Nc3ccc4c(cnn4Cc4cccc(F)c4)c3)c2c1. The van der Waals surface area contributed by atoms with E-state index in [0.717, 1.165) is 58.7 Å². The second-order valence-corrected chi connectivity index (χ2v) is 10.1. The lowest BCUT2D eigenvalue weighted by atomic mass is 10.1. The van der Waals surface area contributed by atoms with Gasteiger partial charge in [0.05, 0.1) is 30.4 Å². The molecule has 3 aromatic carbocycles. The number of halogens is 1. The van der Waals surface area contributed by atoms with Crippen LogP contribution in [0.5, 0.6) is 0 Å². The predicted octanol–water partition coefficient (Wildman–Crippen LogP) is 6.75. The Kier molecular flexibility index (Phi) is 9.33. The Morgan fingerprint density at radius 2 is 1.76 bits per heavy atom. The van der Waals surface area contributed by atoms with E-state index in [0.29, 0.717) is 37.5 Å². The first kappa shape index (κ1) is 28.7. The first-order chi connectivity index (χ1) is 20.5. The largest absolute Gasteiger partial charge is 0.466 e. The minimum atomic E-state index is -0.269. The summed E-state index contributed by atoms with van der Waals surface area (Å²) in [4.78, 5) is 32.8. The fourth-order valence-electron chi connectivity index (χ4n) is 4.83. The molecule has 216 valence electrons.